The van der Waals surface area contributed by atoms with Crippen LogP contribution in [0.15, 0.2) is 10.6 Å². The summed E-state index contributed by atoms with van der Waals surface area (Å²) in [5.74, 6) is -0.653. The van der Waals surface area contributed by atoms with Gasteiger partial charge in [0.2, 0.25) is 0 Å². The van der Waals surface area contributed by atoms with Crippen molar-refractivity contribution in [3.05, 3.63) is 10.6 Å². The number of carbonyl (C=O) groups is 1. The van der Waals surface area contributed by atoms with Crippen LogP contribution < -0.4 is 5.32 Å². The van der Waals surface area contributed by atoms with Crippen LogP contribution in [0.3, 0.4) is 0 Å². The summed E-state index contributed by atoms with van der Waals surface area (Å²) in [7, 11) is 1.57. The van der Waals surface area contributed by atoms with Gasteiger partial charge in [0.05, 0.1) is 11.6 Å². The van der Waals surface area contributed by atoms with E-state index < -0.39 is 5.97 Å². The van der Waals surface area contributed by atoms with Gasteiger partial charge in [-0.15, -0.1) is 12.6 Å². The molecule has 0 amide bonds. The number of esters is 1. The zero-order valence-electron chi connectivity index (χ0n) is 6.92. The lowest BCUT2D eigenvalue weighted by molar-refractivity contribution is -0.138. The number of hydrogen-bond acceptors (Lipinski definition) is 5. The lowest BCUT2D eigenvalue weighted by Gasteiger charge is -2.02. The summed E-state index contributed by atoms with van der Waals surface area (Å²) in [6.45, 7) is 1.92. The topological polar surface area (TPSA) is 62.1 Å². The van der Waals surface area contributed by atoms with Crippen LogP contribution in [0, 0.1) is 11.3 Å². The summed E-state index contributed by atoms with van der Waals surface area (Å²) in [5.41, 5.74) is -0.109. The van der Waals surface area contributed by atoms with E-state index in [2.05, 4.69) is 22.7 Å². The molecule has 0 heterocycles. The molecule has 5 heteroatoms. The maximum absolute atomic E-state index is 11.0. The van der Waals surface area contributed by atoms with Gasteiger partial charge in [-0.3, -0.25) is 0 Å². The van der Waals surface area contributed by atoms with Gasteiger partial charge in [-0.25, -0.2) is 4.79 Å². The highest BCUT2D eigenvalue weighted by molar-refractivity contribution is 7.84. The van der Waals surface area contributed by atoms with Gasteiger partial charge in [-0.2, -0.15) is 5.26 Å². The first-order chi connectivity index (χ1) is 5.67. The first-order valence-electron chi connectivity index (χ1n) is 3.35. The Morgan fingerprint density at radius 2 is 2.33 bits per heavy atom. The van der Waals surface area contributed by atoms with Crippen LogP contribution in [0.5, 0.6) is 0 Å². The second-order valence-corrected chi connectivity index (χ2v) is 2.25. The smallest absolute Gasteiger partial charge is 0.351 e. The highest BCUT2D eigenvalue weighted by Gasteiger charge is 2.13. The molecule has 0 atom stereocenters. The minimum absolute atomic E-state index is 0.109. The molecule has 0 spiro atoms. The van der Waals surface area contributed by atoms with Crippen LogP contribution in [0.2, 0.25) is 0 Å². The zero-order chi connectivity index (χ0) is 9.56. The van der Waals surface area contributed by atoms with Crippen LogP contribution in [-0.2, 0) is 9.53 Å². The van der Waals surface area contributed by atoms with Gasteiger partial charge in [-0.1, -0.05) is 0 Å². The van der Waals surface area contributed by atoms with Crippen LogP contribution in [-0.4, -0.2) is 19.6 Å². The number of nitriles is 1. The Bertz CT molecular complexity index is 242. The fourth-order valence-electron chi connectivity index (χ4n) is 0.524. The molecule has 12 heavy (non-hydrogen) atoms. The maximum Gasteiger partial charge on any atom is 0.351 e. The fourth-order valence-corrected chi connectivity index (χ4v) is 0.665. The van der Waals surface area contributed by atoms with Gasteiger partial charge >= 0.3 is 5.97 Å². The number of ether oxygens (including phenoxy) is 1. The summed E-state index contributed by atoms with van der Waals surface area (Å²) >= 11 is 3.88. The normalized spacial score (nSPS) is 11.2. The molecular formula is C7H10N2O2S. The molecule has 0 unspecified atom stereocenters. The van der Waals surface area contributed by atoms with Gasteiger partial charge in [0.1, 0.15) is 6.07 Å². The van der Waals surface area contributed by atoms with E-state index in [0.29, 0.717) is 0 Å². The Morgan fingerprint density at radius 1 is 1.75 bits per heavy atom. The molecular weight excluding hydrogens is 176 g/mol. The predicted octanol–water partition coefficient (Wildman–Crippen LogP) is 0.434. The molecule has 0 radical (unpaired) electrons. The van der Waals surface area contributed by atoms with Gasteiger partial charge < -0.3 is 10.1 Å². The second-order valence-electron chi connectivity index (χ2n) is 1.81. The van der Waals surface area contributed by atoms with Crippen molar-refractivity contribution in [3.8, 4) is 6.07 Å². The molecule has 0 saturated carbocycles. The van der Waals surface area contributed by atoms with E-state index in [-0.39, 0.29) is 17.2 Å². The average molecular weight is 186 g/mol. The number of carbonyl (C=O) groups excluding carboxylic acids is 1. The van der Waals surface area contributed by atoms with E-state index in [0.717, 1.165) is 0 Å². The van der Waals surface area contributed by atoms with Crippen LogP contribution in [0.1, 0.15) is 6.92 Å². The third-order valence-electron chi connectivity index (χ3n) is 1.06. The van der Waals surface area contributed by atoms with E-state index >= 15 is 0 Å². The summed E-state index contributed by atoms with van der Waals surface area (Å²) in [6.07, 6.45) is 0. The molecule has 0 aromatic rings. The van der Waals surface area contributed by atoms with Crippen molar-refractivity contribution in [2.24, 2.45) is 0 Å². The first kappa shape index (κ1) is 10.8. The van der Waals surface area contributed by atoms with Crippen LogP contribution in [0.25, 0.3) is 0 Å². The van der Waals surface area contributed by atoms with Crippen molar-refractivity contribution in [2.45, 2.75) is 6.92 Å². The first-order valence-corrected chi connectivity index (χ1v) is 3.80. The summed E-state index contributed by atoms with van der Waals surface area (Å²) in [4.78, 5) is 11.0. The van der Waals surface area contributed by atoms with Crippen molar-refractivity contribution in [3.63, 3.8) is 0 Å². The van der Waals surface area contributed by atoms with E-state index in [4.69, 9.17) is 5.26 Å². The third-order valence-corrected chi connectivity index (χ3v) is 1.51. The quantitative estimate of drug-likeness (QED) is 0.290. The number of nitrogens with one attached hydrogen (secondary N) is 1. The van der Waals surface area contributed by atoms with E-state index in [1.54, 1.807) is 20.0 Å². The molecule has 0 aromatic heterocycles. The molecule has 0 bridgehead atoms. The number of nitrogens with zero attached hydrogens (tertiary/aromatic N) is 1. The molecule has 1 N–H and O–H groups in total. The standard InChI is InChI=1S/C7H10N2O2S/c1-3-11-7(10)5(4-8)6(12)9-2/h9,12H,3H2,1-2H3/b6-5+. The molecule has 0 aliphatic rings. The maximum atomic E-state index is 11.0. The van der Waals surface area contributed by atoms with Crippen molar-refractivity contribution in [2.75, 3.05) is 13.7 Å². The molecule has 0 fully saturated rings. The lowest BCUT2D eigenvalue weighted by atomic mass is 10.3. The van der Waals surface area contributed by atoms with Gasteiger partial charge in [0.25, 0.3) is 0 Å². The minimum Gasteiger partial charge on any atom is -0.462 e. The van der Waals surface area contributed by atoms with Crippen LogP contribution in [0.4, 0.5) is 0 Å². The van der Waals surface area contributed by atoms with Gasteiger partial charge in [-0.05, 0) is 6.92 Å². The zero-order valence-corrected chi connectivity index (χ0v) is 7.81. The highest BCUT2D eigenvalue weighted by Crippen LogP contribution is 2.05. The number of rotatable bonds is 3. The molecule has 0 aromatic carbocycles. The van der Waals surface area contributed by atoms with E-state index in [1.165, 1.54) is 0 Å². The highest BCUT2D eigenvalue weighted by atomic mass is 32.1. The minimum atomic E-state index is -0.653. The largest absolute Gasteiger partial charge is 0.462 e. The Kier molecular flexibility index (Phi) is 4.97. The molecule has 0 rings (SSSR count). The molecule has 4 nitrogen and oxygen atoms in total. The lowest BCUT2D eigenvalue weighted by Crippen LogP contribution is -2.12. The predicted molar refractivity (Wildman–Crippen MR) is 47.3 cm³/mol. The van der Waals surface area contributed by atoms with E-state index in [9.17, 15) is 4.79 Å². The SMILES string of the molecule is CCOC(=O)/C(C#N)=C(/S)NC. The summed E-state index contributed by atoms with van der Waals surface area (Å²) in [5, 5.41) is 11.3. The van der Waals surface area contributed by atoms with E-state index in [1.807, 2.05) is 0 Å². The summed E-state index contributed by atoms with van der Waals surface area (Å²) in [6, 6.07) is 1.70. The molecule has 0 saturated heterocycles. The number of thiol groups is 1. The Hall–Kier alpha value is -1.15. The second kappa shape index (κ2) is 5.49. The number of hydrogen-bond donors (Lipinski definition) is 2. The van der Waals surface area contributed by atoms with Gasteiger partial charge in [0, 0.05) is 7.05 Å². The summed E-state index contributed by atoms with van der Waals surface area (Å²) < 4.78 is 4.61. The van der Waals surface area contributed by atoms with Gasteiger partial charge in [0.15, 0.2) is 5.57 Å². The molecule has 0 aliphatic heterocycles. The van der Waals surface area contributed by atoms with Crippen molar-refractivity contribution in [1.82, 2.24) is 5.32 Å². The van der Waals surface area contributed by atoms with Crippen LogP contribution >= 0.6 is 12.6 Å². The Morgan fingerprint density at radius 3 is 2.67 bits per heavy atom. The molecule has 66 valence electrons. The fraction of sp³-hybridized carbons (Fsp3) is 0.429. The third kappa shape index (κ3) is 2.84. The van der Waals surface area contributed by atoms with Crippen molar-refractivity contribution < 1.29 is 9.53 Å². The van der Waals surface area contributed by atoms with Crippen molar-refractivity contribution >= 4 is 18.6 Å². The Labute approximate surface area is 76.6 Å². The average Bonchev–Trinajstić information content (AvgIpc) is 2.06. The monoisotopic (exact) mass is 186 g/mol. The Balaban J connectivity index is 4.59. The van der Waals surface area contributed by atoms with Crippen molar-refractivity contribution in [1.29, 1.82) is 5.26 Å². The molecule has 0 aliphatic carbocycles.